The molecule has 0 unspecified atom stereocenters. The molecule has 0 bridgehead atoms. The van der Waals surface area contributed by atoms with Gasteiger partial charge in [0.25, 0.3) is 0 Å². The van der Waals surface area contributed by atoms with Gasteiger partial charge in [-0.15, -0.1) is 0 Å². The normalized spacial score (nSPS) is 31.4. The average Bonchev–Trinajstić information content (AvgIpc) is 2.41. The van der Waals surface area contributed by atoms with Gasteiger partial charge in [0, 0.05) is 19.1 Å². The van der Waals surface area contributed by atoms with Crippen LogP contribution < -0.4 is 0 Å². The summed E-state index contributed by atoms with van der Waals surface area (Å²) in [6.45, 7) is 18.6. The third-order valence-electron chi connectivity index (χ3n) is 5.91. The molecule has 0 N–H and O–H groups in total. The first-order chi connectivity index (χ1) is 9.47. The summed E-state index contributed by atoms with van der Waals surface area (Å²) in [6, 6.07) is 0.722. The molecular formula is C18H36N2. The van der Waals surface area contributed by atoms with E-state index in [1.54, 1.807) is 0 Å². The average molecular weight is 281 g/mol. The predicted octanol–water partition coefficient (Wildman–Crippen LogP) is 3.72. The molecule has 0 saturated carbocycles. The van der Waals surface area contributed by atoms with Crippen molar-refractivity contribution in [1.82, 2.24) is 9.80 Å². The van der Waals surface area contributed by atoms with Gasteiger partial charge in [-0.3, -0.25) is 0 Å². The zero-order chi connectivity index (χ0) is 14.7. The Labute approximate surface area is 126 Å². The summed E-state index contributed by atoms with van der Waals surface area (Å²) < 4.78 is 0. The molecule has 0 radical (unpaired) electrons. The van der Waals surface area contributed by atoms with Crippen molar-refractivity contribution in [3.05, 3.63) is 0 Å². The fourth-order valence-electron chi connectivity index (χ4n) is 4.10. The minimum Gasteiger partial charge on any atom is -0.303 e. The van der Waals surface area contributed by atoms with Crippen LogP contribution in [0.15, 0.2) is 0 Å². The van der Waals surface area contributed by atoms with Crippen LogP contribution in [0.2, 0.25) is 0 Å². The van der Waals surface area contributed by atoms with Crippen molar-refractivity contribution in [1.29, 1.82) is 0 Å². The maximum Gasteiger partial charge on any atom is 0.00387 e. The standard InChI is InChI=1S/C18H36N2/c1-14(2)17-6-9-19(10-7-17)13-18-8-11-20(15(3)4)12-16(18)5/h14-18H,6-13H2,1-5H3/t16-,18+/m1/s1. The molecule has 2 aliphatic heterocycles. The summed E-state index contributed by atoms with van der Waals surface area (Å²) in [4.78, 5) is 5.41. The van der Waals surface area contributed by atoms with Crippen LogP contribution in [-0.4, -0.2) is 48.6 Å². The molecule has 0 aromatic rings. The Morgan fingerprint density at radius 3 is 2.10 bits per heavy atom. The third kappa shape index (κ3) is 4.21. The van der Waals surface area contributed by atoms with E-state index in [0.717, 1.165) is 29.7 Å². The lowest BCUT2D eigenvalue weighted by Gasteiger charge is -2.42. The molecule has 2 heteroatoms. The Morgan fingerprint density at radius 2 is 1.60 bits per heavy atom. The summed E-state index contributed by atoms with van der Waals surface area (Å²) in [5.41, 5.74) is 0. The van der Waals surface area contributed by atoms with Gasteiger partial charge >= 0.3 is 0 Å². The summed E-state index contributed by atoms with van der Waals surface area (Å²) >= 11 is 0. The molecule has 2 rings (SSSR count). The van der Waals surface area contributed by atoms with Gasteiger partial charge in [-0.1, -0.05) is 20.8 Å². The van der Waals surface area contributed by atoms with Crippen molar-refractivity contribution >= 4 is 0 Å². The van der Waals surface area contributed by atoms with Crippen LogP contribution in [0.3, 0.4) is 0 Å². The molecule has 2 heterocycles. The molecule has 118 valence electrons. The van der Waals surface area contributed by atoms with Gasteiger partial charge in [-0.05, 0) is 76.4 Å². The highest BCUT2D eigenvalue weighted by Crippen LogP contribution is 2.29. The van der Waals surface area contributed by atoms with Crippen molar-refractivity contribution in [2.24, 2.45) is 23.7 Å². The zero-order valence-electron chi connectivity index (χ0n) is 14.4. The van der Waals surface area contributed by atoms with Crippen LogP contribution in [0.1, 0.15) is 53.9 Å². The molecular weight excluding hydrogens is 244 g/mol. The number of rotatable bonds is 4. The first-order valence-electron chi connectivity index (χ1n) is 8.93. The zero-order valence-corrected chi connectivity index (χ0v) is 14.4. The van der Waals surface area contributed by atoms with E-state index >= 15 is 0 Å². The Balaban J connectivity index is 1.75. The minimum absolute atomic E-state index is 0.722. The van der Waals surface area contributed by atoms with E-state index in [2.05, 4.69) is 44.4 Å². The van der Waals surface area contributed by atoms with Crippen molar-refractivity contribution < 1.29 is 0 Å². The first kappa shape index (κ1) is 16.3. The van der Waals surface area contributed by atoms with Gasteiger partial charge < -0.3 is 9.80 Å². The van der Waals surface area contributed by atoms with Crippen LogP contribution in [-0.2, 0) is 0 Å². The van der Waals surface area contributed by atoms with Crippen molar-refractivity contribution in [3.8, 4) is 0 Å². The number of piperidine rings is 2. The second-order valence-corrected chi connectivity index (χ2v) is 8.00. The summed E-state index contributed by atoms with van der Waals surface area (Å²) in [5.74, 6) is 3.66. The Hall–Kier alpha value is -0.0800. The molecule has 2 saturated heterocycles. The van der Waals surface area contributed by atoms with E-state index in [1.807, 2.05) is 0 Å². The fourth-order valence-corrected chi connectivity index (χ4v) is 4.10. The van der Waals surface area contributed by atoms with E-state index in [0.29, 0.717) is 0 Å². The van der Waals surface area contributed by atoms with E-state index in [4.69, 9.17) is 0 Å². The van der Waals surface area contributed by atoms with Crippen LogP contribution in [0.4, 0.5) is 0 Å². The second-order valence-electron chi connectivity index (χ2n) is 8.00. The maximum atomic E-state index is 2.76. The van der Waals surface area contributed by atoms with Crippen LogP contribution >= 0.6 is 0 Å². The molecule has 2 nitrogen and oxygen atoms in total. The molecule has 0 aliphatic carbocycles. The summed E-state index contributed by atoms with van der Waals surface area (Å²) in [5, 5.41) is 0. The fraction of sp³-hybridized carbons (Fsp3) is 1.00. The van der Waals surface area contributed by atoms with Gasteiger partial charge in [0.2, 0.25) is 0 Å². The number of hydrogen-bond donors (Lipinski definition) is 0. The molecule has 0 aromatic carbocycles. The molecule has 20 heavy (non-hydrogen) atoms. The van der Waals surface area contributed by atoms with Gasteiger partial charge in [-0.25, -0.2) is 0 Å². The van der Waals surface area contributed by atoms with Crippen LogP contribution in [0.5, 0.6) is 0 Å². The highest BCUT2D eigenvalue weighted by Gasteiger charge is 2.30. The van der Waals surface area contributed by atoms with Crippen molar-refractivity contribution in [3.63, 3.8) is 0 Å². The third-order valence-corrected chi connectivity index (χ3v) is 5.91. The quantitative estimate of drug-likeness (QED) is 0.774. The lowest BCUT2D eigenvalue weighted by molar-refractivity contribution is 0.0632. The van der Waals surface area contributed by atoms with Gasteiger partial charge in [0.05, 0.1) is 0 Å². The first-order valence-corrected chi connectivity index (χ1v) is 8.93. The van der Waals surface area contributed by atoms with E-state index in [-0.39, 0.29) is 0 Å². The maximum absolute atomic E-state index is 2.76. The molecule has 2 atom stereocenters. The SMILES string of the molecule is CC(C)C1CCN(C[C@@H]2CCN(C(C)C)C[C@H]2C)CC1. The summed E-state index contributed by atoms with van der Waals surface area (Å²) in [7, 11) is 0. The Morgan fingerprint density at radius 1 is 0.950 bits per heavy atom. The van der Waals surface area contributed by atoms with E-state index < -0.39 is 0 Å². The lowest BCUT2D eigenvalue weighted by atomic mass is 9.83. The highest BCUT2D eigenvalue weighted by atomic mass is 15.2. The monoisotopic (exact) mass is 280 g/mol. The van der Waals surface area contributed by atoms with Crippen molar-refractivity contribution in [2.75, 3.05) is 32.7 Å². The van der Waals surface area contributed by atoms with Gasteiger partial charge in [0.15, 0.2) is 0 Å². The second kappa shape index (κ2) is 7.26. The number of hydrogen-bond acceptors (Lipinski definition) is 2. The topological polar surface area (TPSA) is 6.48 Å². The Kier molecular flexibility index (Phi) is 5.92. The van der Waals surface area contributed by atoms with E-state index in [9.17, 15) is 0 Å². The van der Waals surface area contributed by atoms with Crippen LogP contribution in [0.25, 0.3) is 0 Å². The van der Waals surface area contributed by atoms with Gasteiger partial charge in [-0.2, -0.15) is 0 Å². The highest BCUT2D eigenvalue weighted by molar-refractivity contribution is 4.83. The smallest absolute Gasteiger partial charge is 0.00387 e. The molecule has 0 amide bonds. The van der Waals surface area contributed by atoms with E-state index in [1.165, 1.54) is 52.0 Å². The lowest BCUT2D eigenvalue weighted by Crippen LogP contribution is -2.47. The minimum atomic E-state index is 0.722. The molecule has 2 fully saturated rings. The predicted molar refractivity (Wildman–Crippen MR) is 88.0 cm³/mol. The molecule has 2 aliphatic rings. The molecule has 0 spiro atoms. The van der Waals surface area contributed by atoms with Crippen molar-refractivity contribution in [2.45, 2.75) is 59.9 Å². The molecule has 0 aromatic heterocycles. The Bertz CT molecular complexity index is 279. The van der Waals surface area contributed by atoms with Gasteiger partial charge in [0.1, 0.15) is 0 Å². The summed E-state index contributed by atoms with van der Waals surface area (Å²) in [6.07, 6.45) is 4.26. The van der Waals surface area contributed by atoms with Crippen LogP contribution in [0, 0.1) is 23.7 Å². The largest absolute Gasteiger partial charge is 0.303 e. The number of likely N-dealkylation sites (tertiary alicyclic amines) is 2. The number of nitrogens with zero attached hydrogens (tertiary/aromatic N) is 2.